The van der Waals surface area contributed by atoms with Crippen LogP contribution in [0.3, 0.4) is 0 Å². The summed E-state index contributed by atoms with van der Waals surface area (Å²) in [6, 6.07) is 4.83. The summed E-state index contributed by atoms with van der Waals surface area (Å²) in [6.07, 6.45) is 0.520. The van der Waals surface area contributed by atoms with Gasteiger partial charge in [-0.15, -0.1) is 0 Å². The molecule has 6 nitrogen and oxygen atoms in total. The zero-order valence-electron chi connectivity index (χ0n) is 12.8. The maximum Gasteiger partial charge on any atom is 0.228 e. The van der Waals surface area contributed by atoms with E-state index in [1.54, 1.807) is 12.1 Å². The topological polar surface area (TPSA) is 94.4 Å². The fourth-order valence-electron chi connectivity index (χ4n) is 1.77. The summed E-state index contributed by atoms with van der Waals surface area (Å²) in [7, 11) is 1.49. The van der Waals surface area contributed by atoms with Gasteiger partial charge >= 0.3 is 0 Å². The van der Waals surface area contributed by atoms with Crippen molar-refractivity contribution in [1.82, 2.24) is 10.1 Å². The van der Waals surface area contributed by atoms with Gasteiger partial charge in [-0.1, -0.05) is 25.9 Å². The summed E-state index contributed by atoms with van der Waals surface area (Å²) in [5, 5.41) is 13.5. The molecule has 0 saturated carbocycles. The Labute approximate surface area is 123 Å². The van der Waals surface area contributed by atoms with Crippen LogP contribution in [-0.4, -0.2) is 28.4 Å². The molecule has 0 spiro atoms. The third-order valence-electron chi connectivity index (χ3n) is 3.41. The Bertz CT molecular complexity index is 617. The molecule has 0 aliphatic carbocycles. The van der Waals surface area contributed by atoms with Gasteiger partial charge in [-0.25, -0.2) is 0 Å². The zero-order chi connectivity index (χ0) is 15.6. The molecule has 0 bridgehead atoms. The van der Waals surface area contributed by atoms with Crippen molar-refractivity contribution in [3.05, 3.63) is 24.1 Å². The Morgan fingerprint density at radius 1 is 1.38 bits per heavy atom. The van der Waals surface area contributed by atoms with Crippen molar-refractivity contribution < 1.29 is 14.4 Å². The van der Waals surface area contributed by atoms with Crippen LogP contribution in [0.15, 0.2) is 22.7 Å². The second-order valence-electron chi connectivity index (χ2n) is 6.07. The molecule has 21 heavy (non-hydrogen) atoms. The van der Waals surface area contributed by atoms with Crippen molar-refractivity contribution in [2.45, 2.75) is 33.2 Å². The van der Waals surface area contributed by atoms with E-state index >= 15 is 0 Å². The third-order valence-corrected chi connectivity index (χ3v) is 3.41. The van der Waals surface area contributed by atoms with Crippen molar-refractivity contribution in [1.29, 1.82) is 0 Å². The highest BCUT2D eigenvalue weighted by atomic mass is 16.5. The molecule has 6 heteroatoms. The van der Waals surface area contributed by atoms with E-state index in [1.807, 2.05) is 0 Å². The van der Waals surface area contributed by atoms with Crippen LogP contribution in [0.5, 0.6) is 11.5 Å². The minimum Gasteiger partial charge on any atom is -0.504 e. The van der Waals surface area contributed by atoms with Gasteiger partial charge in [0.15, 0.2) is 11.5 Å². The minimum absolute atomic E-state index is 0.0314. The first-order chi connectivity index (χ1) is 9.81. The molecule has 3 N–H and O–H groups in total. The summed E-state index contributed by atoms with van der Waals surface area (Å²) in [6.45, 7) is 6.21. The lowest BCUT2D eigenvalue weighted by Gasteiger charge is -2.25. The van der Waals surface area contributed by atoms with Crippen molar-refractivity contribution >= 4 is 0 Å². The van der Waals surface area contributed by atoms with Gasteiger partial charge in [0.05, 0.1) is 7.11 Å². The van der Waals surface area contributed by atoms with Crippen molar-refractivity contribution in [2.24, 2.45) is 11.1 Å². The van der Waals surface area contributed by atoms with Gasteiger partial charge in [-0.3, -0.25) is 0 Å². The Hall–Kier alpha value is -2.08. The van der Waals surface area contributed by atoms with E-state index in [9.17, 15) is 5.11 Å². The number of phenols is 1. The first-order valence-electron chi connectivity index (χ1n) is 6.77. The van der Waals surface area contributed by atoms with Crippen LogP contribution in [0, 0.1) is 5.41 Å². The molecule has 1 atom stereocenters. The third kappa shape index (κ3) is 3.52. The average molecular weight is 291 g/mol. The summed E-state index contributed by atoms with van der Waals surface area (Å²) in [5.74, 6) is 1.38. The number of phenolic OH excluding ortho intramolecular Hbond substituents is 1. The van der Waals surface area contributed by atoms with E-state index in [2.05, 4.69) is 30.9 Å². The summed E-state index contributed by atoms with van der Waals surface area (Å²) in [5.41, 5.74) is 6.80. The number of aromatic nitrogens is 2. The molecule has 1 aromatic carbocycles. The smallest absolute Gasteiger partial charge is 0.228 e. The lowest BCUT2D eigenvalue weighted by atomic mass is 9.85. The molecule has 2 rings (SSSR count). The van der Waals surface area contributed by atoms with Crippen LogP contribution < -0.4 is 10.5 Å². The zero-order valence-corrected chi connectivity index (χ0v) is 12.8. The predicted octanol–water partition coefficient (Wildman–Crippen LogP) is 2.37. The monoisotopic (exact) mass is 291 g/mol. The molecule has 114 valence electrons. The molecule has 1 aromatic heterocycles. The largest absolute Gasteiger partial charge is 0.504 e. The molecule has 0 radical (unpaired) electrons. The Kier molecular flexibility index (Phi) is 4.18. The quantitative estimate of drug-likeness (QED) is 0.898. The minimum atomic E-state index is -0.0693. The molecule has 0 aliphatic rings. The molecule has 0 amide bonds. The highest BCUT2D eigenvalue weighted by Crippen LogP contribution is 2.30. The highest BCUT2D eigenvalue weighted by Gasteiger charge is 2.23. The van der Waals surface area contributed by atoms with Gasteiger partial charge < -0.3 is 20.1 Å². The molecule has 0 aliphatic heterocycles. The Morgan fingerprint density at radius 2 is 2.10 bits per heavy atom. The molecular formula is C15H21N3O3. The normalized spacial score (nSPS) is 13.2. The number of benzene rings is 1. The van der Waals surface area contributed by atoms with E-state index in [1.165, 1.54) is 13.2 Å². The number of nitrogens with zero attached hydrogens (tertiary/aromatic N) is 2. The van der Waals surface area contributed by atoms with E-state index in [4.69, 9.17) is 15.0 Å². The van der Waals surface area contributed by atoms with Crippen LogP contribution >= 0.6 is 0 Å². The molecular weight excluding hydrogens is 270 g/mol. The van der Waals surface area contributed by atoms with E-state index in [0.29, 0.717) is 29.4 Å². The van der Waals surface area contributed by atoms with Crippen molar-refractivity contribution in [2.75, 3.05) is 7.11 Å². The lowest BCUT2D eigenvalue weighted by Crippen LogP contribution is -2.36. The number of ether oxygens (including phenoxy) is 1. The standard InChI is InChI=1S/C15H21N3O3/c1-15(2,3)12(16)8-13-17-14(18-21-13)9-5-6-10(19)11(7-9)20-4/h5-7,12,19H,8,16H2,1-4H3. The van der Waals surface area contributed by atoms with Crippen molar-refractivity contribution in [3.8, 4) is 22.9 Å². The highest BCUT2D eigenvalue weighted by molar-refractivity contribution is 5.60. The molecule has 1 unspecified atom stereocenters. The SMILES string of the molecule is COc1cc(-c2noc(CC(N)C(C)(C)C)n2)ccc1O. The van der Waals surface area contributed by atoms with Crippen LogP contribution in [-0.2, 0) is 6.42 Å². The van der Waals surface area contributed by atoms with Gasteiger partial charge in [0, 0.05) is 18.0 Å². The number of methoxy groups -OCH3 is 1. The van der Waals surface area contributed by atoms with Crippen LogP contribution in [0.1, 0.15) is 26.7 Å². The van der Waals surface area contributed by atoms with Crippen LogP contribution in [0.4, 0.5) is 0 Å². The van der Waals surface area contributed by atoms with E-state index < -0.39 is 0 Å². The van der Waals surface area contributed by atoms with E-state index in [0.717, 1.165) is 0 Å². The lowest BCUT2D eigenvalue weighted by molar-refractivity contribution is 0.286. The van der Waals surface area contributed by atoms with E-state index in [-0.39, 0.29) is 17.2 Å². The average Bonchev–Trinajstić information content (AvgIpc) is 2.86. The van der Waals surface area contributed by atoms with Gasteiger partial charge in [-0.2, -0.15) is 4.98 Å². The number of rotatable bonds is 4. The van der Waals surface area contributed by atoms with Gasteiger partial charge in [0.2, 0.25) is 11.7 Å². The number of hydrogen-bond donors (Lipinski definition) is 2. The molecule has 2 aromatic rings. The van der Waals surface area contributed by atoms with Gasteiger partial charge in [0.25, 0.3) is 0 Å². The maximum absolute atomic E-state index is 9.59. The second kappa shape index (κ2) is 5.73. The first kappa shape index (κ1) is 15.3. The van der Waals surface area contributed by atoms with Crippen LogP contribution in [0.2, 0.25) is 0 Å². The summed E-state index contributed by atoms with van der Waals surface area (Å²) in [4.78, 5) is 4.34. The van der Waals surface area contributed by atoms with Gasteiger partial charge in [0.1, 0.15) is 0 Å². The number of nitrogens with two attached hydrogens (primary N) is 1. The molecule has 0 fully saturated rings. The fourth-order valence-corrected chi connectivity index (χ4v) is 1.77. The Balaban J connectivity index is 2.20. The summed E-state index contributed by atoms with van der Waals surface area (Å²) < 4.78 is 10.3. The number of aromatic hydroxyl groups is 1. The Morgan fingerprint density at radius 3 is 2.71 bits per heavy atom. The number of hydrogen-bond acceptors (Lipinski definition) is 6. The predicted molar refractivity (Wildman–Crippen MR) is 79.1 cm³/mol. The van der Waals surface area contributed by atoms with Crippen molar-refractivity contribution in [3.63, 3.8) is 0 Å². The fraction of sp³-hybridized carbons (Fsp3) is 0.467. The molecule has 0 saturated heterocycles. The molecule has 1 heterocycles. The second-order valence-corrected chi connectivity index (χ2v) is 6.07. The van der Waals surface area contributed by atoms with Gasteiger partial charge in [-0.05, 0) is 23.6 Å². The summed E-state index contributed by atoms with van der Waals surface area (Å²) >= 11 is 0. The maximum atomic E-state index is 9.59. The van der Waals surface area contributed by atoms with Crippen LogP contribution in [0.25, 0.3) is 11.4 Å². The first-order valence-corrected chi connectivity index (χ1v) is 6.77.